The van der Waals surface area contributed by atoms with E-state index in [-0.39, 0.29) is 12.6 Å². The van der Waals surface area contributed by atoms with Gasteiger partial charge in [-0.3, -0.25) is 4.79 Å². The van der Waals surface area contributed by atoms with Crippen LogP contribution >= 0.6 is 15.9 Å². The molecule has 1 atom stereocenters. The minimum atomic E-state index is -0.503. The number of esters is 1. The number of rotatable bonds is 5. The average molecular weight is 286 g/mol. The highest BCUT2D eigenvalue weighted by Gasteiger charge is 2.13. The van der Waals surface area contributed by atoms with Gasteiger partial charge in [-0.05, 0) is 24.1 Å². The Morgan fingerprint density at radius 2 is 2.31 bits per heavy atom. The molecule has 0 saturated carbocycles. The van der Waals surface area contributed by atoms with Gasteiger partial charge in [-0.1, -0.05) is 41.4 Å². The maximum absolute atomic E-state index is 11.4. The molecule has 0 aromatic heterocycles. The second kappa shape index (κ2) is 6.66. The summed E-state index contributed by atoms with van der Waals surface area (Å²) in [5.41, 5.74) is 6.59. The van der Waals surface area contributed by atoms with Crippen LogP contribution in [0.1, 0.15) is 25.3 Å². The van der Waals surface area contributed by atoms with E-state index in [1.807, 2.05) is 31.2 Å². The molecule has 1 unspecified atom stereocenters. The van der Waals surface area contributed by atoms with Crippen molar-refractivity contribution in [1.82, 2.24) is 0 Å². The second-order valence-electron chi connectivity index (χ2n) is 3.63. The van der Waals surface area contributed by atoms with E-state index in [4.69, 9.17) is 10.5 Å². The molecule has 0 fully saturated rings. The van der Waals surface area contributed by atoms with Gasteiger partial charge in [0.2, 0.25) is 0 Å². The zero-order valence-electron chi connectivity index (χ0n) is 9.28. The Hall–Kier alpha value is -0.870. The fourth-order valence-electron chi connectivity index (χ4n) is 1.32. The van der Waals surface area contributed by atoms with E-state index in [9.17, 15) is 4.79 Å². The molecular weight excluding hydrogens is 270 g/mol. The SMILES string of the molecule is CCCC(N)C(=O)OCc1cccc(Br)c1. The van der Waals surface area contributed by atoms with Crippen LogP contribution in [0.15, 0.2) is 28.7 Å². The number of carbonyl (C=O) groups is 1. The van der Waals surface area contributed by atoms with Crippen LogP contribution in [0.25, 0.3) is 0 Å². The highest BCUT2D eigenvalue weighted by molar-refractivity contribution is 9.10. The third kappa shape index (κ3) is 4.33. The van der Waals surface area contributed by atoms with Gasteiger partial charge in [0.15, 0.2) is 0 Å². The van der Waals surface area contributed by atoms with Gasteiger partial charge >= 0.3 is 5.97 Å². The first-order valence-electron chi connectivity index (χ1n) is 5.30. The molecule has 0 bridgehead atoms. The summed E-state index contributed by atoms with van der Waals surface area (Å²) in [6.07, 6.45) is 1.55. The molecular formula is C12H16BrNO2. The van der Waals surface area contributed by atoms with E-state index in [2.05, 4.69) is 15.9 Å². The number of ether oxygens (including phenoxy) is 1. The smallest absolute Gasteiger partial charge is 0.323 e. The maximum Gasteiger partial charge on any atom is 0.323 e. The summed E-state index contributed by atoms with van der Waals surface area (Å²) < 4.78 is 6.08. The molecule has 88 valence electrons. The largest absolute Gasteiger partial charge is 0.460 e. The summed E-state index contributed by atoms with van der Waals surface area (Å²) in [5.74, 6) is -0.332. The van der Waals surface area contributed by atoms with E-state index < -0.39 is 6.04 Å². The maximum atomic E-state index is 11.4. The van der Waals surface area contributed by atoms with Gasteiger partial charge in [0.1, 0.15) is 12.6 Å². The highest BCUT2D eigenvalue weighted by Crippen LogP contribution is 2.12. The molecule has 0 spiro atoms. The lowest BCUT2D eigenvalue weighted by molar-refractivity contribution is -0.146. The quantitative estimate of drug-likeness (QED) is 0.846. The first-order valence-corrected chi connectivity index (χ1v) is 6.09. The van der Waals surface area contributed by atoms with Crippen molar-refractivity contribution < 1.29 is 9.53 Å². The molecule has 3 nitrogen and oxygen atoms in total. The van der Waals surface area contributed by atoms with Crippen LogP contribution in [-0.2, 0) is 16.1 Å². The monoisotopic (exact) mass is 285 g/mol. The number of carbonyl (C=O) groups excluding carboxylic acids is 1. The summed E-state index contributed by atoms with van der Waals surface area (Å²) in [7, 11) is 0. The molecule has 0 aliphatic carbocycles. The van der Waals surface area contributed by atoms with Gasteiger partial charge in [0, 0.05) is 4.47 Å². The Morgan fingerprint density at radius 3 is 2.94 bits per heavy atom. The molecule has 4 heteroatoms. The Labute approximate surface area is 104 Å². The standard InChI is InChI=1S/C12H16BrNO2/c1-2-4-11(14)12(15)16-8-9-5-3-6-10(13)7-9/h3,5-7,11H,2,4,8,14H2,1H3. The van der Waals surface area contributed by atoms with Crippen molar-refractivity contribution in [2.45, 2.75) is 32.4 Å². The van der Waals surface area contributed by atoms with E-state index in [1.165, 1.54) is 0 Å². The van der Waals surface area contributed by atoms with Crippen LogP contribution in [0.2, 0.25) is 0 Å². The summed E-state index contributed by atoms with van der Waals surface area (Å²) >= 11 is 3.36. The second-order valence-corrected chi connectivity index (χ2v) is 4.55. The zero-order valence-corrected chi connectivity index (χ0v) is 10.9. The van der Waals surface area contributed by atoms with Crippen molar-refractivity contribution >= 4 is 21.9 Å². The van der Waals surface area contributed by atoms with Gasteiger partial charge in [-0.2, -0.15) is 0 Å². The number of benzene rings is 1. The molecule has 1 rings (SSSR count). The lowest BCUT2D eigenvalue weighted by atomic mass is 10.2. The van der Waals surface area contributed by atoms with Gasteiger partial charge in [0.25, 0.3) is 0 Å². The Morgan fingerprint density at radius 1 is 1.56 bits per heavy atom. The average Bonchev–Trinajstić information content (AvgIpc) is 2.26. The molecule has 2 N–H and O–H groups in total. The predicted molar refractivity (Wildman–Crippen MR) is 66.8 cm³/mol. The molecule has 0 aliphatic rings. The molecule has 0 saturated heterocycles. The van der Waals surface area contributed by atoms with Crippen LogP contribution in [0, 0.1) is 0 Å². The van der Waals surface area contributed by atoms with Crippen LogP contribution in [0.5, 0.6) is 0 Å². The van der Waals surface area contributed by atoms with Crippen molar-refractivity contribution in [3.63, 3.8) is 0 Å². The Balaban J connectivity index is 2.42. The number of nitrogens with two attached hydrogens (primary N) is 1. The third-order valence-corrected chi connectivity index (χ3v) is 2.67. The van der Waals surface area contributed by atoms with E-state index >= 15 is 0 Å². The van der Waals surface area contributed by atoms with Crippen LogP contribution in [0.4, 0.5) is 0 Å². The lowest BCUT2D eigenvalue weighted by Crippen LogP contribution is -2.31. The van der Waals surface area contributed by atoms with Crippen molar-refractivity contribution in [3.05, 3.63) is 34.3 Å². The van der Waals surface area contributed by atoms with Crippen LogP contribution < -0.4 is 5.73 Å². The molecule has 1 aromatic rings. The third-order valence-electron chi connectivity index (χ3n) is 2.17. The first kappa shape index (κ1) is 13.2. The molecule has 16 heavy (non-hydrogen) atoms. The minimum Gasteiger partial charge on any atom is -0.460 e. The lowest BCUT2D eigenvalue weighted by Gasteiger charge is -2.10. The fourth-order valence-corrected chi connectivity index (χ4v) is 1.76. The van der Waals surface area contributed by atoms with Crippen molar-refractivity contribution in [2.75, 3.05) is 0 Å². The van der Waals surface area contributed by atoms with Gasteiger partial charge < -0.3 is 10.5 Å². The highest BCUT2D eigenvalue weighted by atomic mass is 79.9. The van der Waals surface area contributed by atoms with Gasteiger partial charge in [-0.15, -0.1) is 0 Å². The van der Waals surface area contributed by atoms with Crippen molar-refractivity contribution in [1.29, 1.82) is 0 Å². The Bertz CT molecular complexity index is 355. The summed E-state index contributed by atoms with van der Waals surface area (Å²) in [4.78, 5) is 11.4. The summed E-state index contributed by atoms with van der Waals surface area (Å²) in [6.45, 7) is 2.26. The van der Waals surface area contributed by atoms with Gasteiger partial charge in [-0.25, -0.2) is 0 Å². The topological polar surface area (TPSA) is 52.3 Å². The number of hydrogen-bond acceptors (Lipinski definition) is 3. The van der Waals surface area contributed by atoms with Crippen LogP contribution in [0.3, 0.4) is 0 Å². The molecule has 0 heterocycles. The molecule has 0 radical (unpaired) electrons. The number of hydrogen-bond donors (Lipinski definition) is 1. The fraction of sp³-hybridized carbons (Fsp3) is 0.417. The molecule has 0 amide bonds. The van der Waals surface area contributed by atoms with Crippen LogP contribution in [-0.4, -0.2) is 12.0 Å². The van der Waals surface area contributed by atoms with Gasteiger partial charge in [0.05, 0.1) is 0 Å². The minimum absolute atomic E-state index is 0.273. The van der Waals surface area contributed by atoms with E-state index in [1.54, 1.807) is 0 Å². The van der Waals surface area contributed by atoms with E-state index in [0.717, 1.165) is 16.5 Å². The predicted octanol–water partition coefficient (Wildman–Crippen LogP) is 2.62. The zero-order chi connectivity index (χ0) is 12.0. The number of halogens is 1. The molecule has 0 aliphatic heterocycles. The van der Waals surface area contributed by atoms with E-state index in [0.29, 0.717) is 6.42 Å². The Kier molecular flexibility index (Phi) is 5.49. The first-order chi connectivity index (χ1) is 7.63. The van der Waals surface area contributed by atoms with Crippen molar-refractivity contribution in [2.24, 2.45) is 5.73 Å². The summed E-state index contributed by atoms with van der Waals surface area (Å²) in [5, 5.41) is 0. The summed E-state index contributed by atoms with van der Waals surface area (Å²) in [6, 6.07) is 7.15. The molecule has 1 aromatic carbocycles. The normalized spacial score (nSPS) is 12.2. The van der Waals surface area contributed by atoms with Crippen molar-refractivity contribution in [3.8, 4) is 0 Å².